The molecule has 0 unspecified atom stereocenters. The van der Waals surface area contributed by atoms with Gasteiger partial charge in [0.15, 0.2) is 0 Å². The first-order chi connectivity index (χ1) is 11.2. The lowest BCUT2D eigenvalue weighted by Gasteiger charge is -2.18. The highest BCUT2D eigenvalue weighted by Gasteiger charge is 2.23. The molecule has 3 aromatic rings. The van der Waals surface area contributed by atoms with Crippen molar-refractivity contribution in [2.24, 2.45) is 5.92 Å². The third kappa shape index (κ3) is 2.72. The molecule has 0 bridgehead atoms. The molecule has 2 heterocycles. The minimum atomic E-state index is 0.555. The van der Waals surface area contributed by atoms with Crippen LogP contribution in [0.2, 0.25) is 0 Å². The van der Waals surface area contributed by atoms with Crippen molar-refractivity contribution < 1.29 is 4.74 Å². The maximum atomic E-state index is 6.09. The molecule has 1 aliphatic rings. The van der Waals surface area contributed by atoms with E-state index in [2.05, 4.69) is 48.1 Å². The number of fused-ring (bicyclic) bond motifs is 3. The number of rotatable bonds is 3. The maximum absolute atomic E-state index is 6.09. The Morgan fingerprint density at radius 3 is 3.00 bits per heavy atom. The fourth-order valence-electron chi connectivity index (χ4n) is 3.27. The van der Waals surface area contributed by atoms with Crippen molar-refractivity contribution in [3.63, 3.8) is 0 Å². The molecule has 118 valence electrons. The Kier molecular flexibility index (Phi) is 3.77. The van der Waals surface area contributed by atoms with E-state index in [-0.39, 0.29) is 0 Å². The topological polar surface area (TPSA) is 35.0 Å². The van der Waals surface area contributed by atoms with Gasteiger partial charge in [0.2, 0.25) is 5.88 Å². The Hall–Kier alpha value is -1.94. The van der Waals surface area contributed by atoms with Crippen LogP contribution in [0.25, 0.3) is 10.2 Å². The molecule has 1 aromatic carbocycles. The number of hydrogen-bond donors (Lipinski definition) is 0. The summed E-state index contributed by atoms with van der Waals surface area (Å²) in [5.74, 6) is 1.50. The van der Waals surface area contributed by atoms with Gasteiger partial charge in [0.05, 0.1) is 5.39 Å². The van der Waals surface area contributed by atoms with Gasteiger partial charge >= 0.3 is 0 Å². The van der Waals surface area contributed by atoms with Crippen LogP contribution in [0.1, 0.15) is 34.9 Å². The molecule has 0 radical (unpaired) electrons. The zero-order valence-corrected chi connectivity index (χ0v) is 14.3. The Bertz CT molecular complexity index is 856. The highest BCUT2D eigenvalue weighted by molar-refractivity contribution is 7.18. The van der Waals surface area contributed by atoms with Gasteiger partial charge < -0.3 is 4.74 Å². The Labute approximate surface area is 140 Å². The second-order valence-corrected chi connectivity index (χ2v) is 7.51. The molecule has 0 N–H and O–H groups in total. The molecule has 0 aliphatic heterocycles. The number of nitrogens with zero attached hydrogens (tertiary/aromatic N) is 2. The van der Waals surface area contributed by atoms with Crippen LogP contribution >= 0.6 is 11.3 Å². The second-order valence-electron chi connectivity index (χ2n) is 6.43. The van der Waals surface area contributed by atoms with Crippen LogP contribution < -0.4 is 4.74 Å². The Morgan fingerprint density at radius 2 is 2.13 bits per heavy atom. The van der Waals surface area contributed by atoms with E-state index in [9.17, 15) is 0 Å². The van der Waals surface area contributed by atoms with Gasteiger partial charge in [-0.15, -0.1) is 11.3 Å². The maximum Gasteiger partial charge on any atom is 0.225 e. The van der Waals surface area contributed by atoms with Gasteiger partial charge in [0.1, 0.15) is 17.8 Å². The number of hydrogen-bond acceptors (Lipinski definition) is 4. The number of aromatic nitrogens is 2. The fraction of sp³-hybridized carbons (Fsp3) is 0.368. The van der Waals surface area contributed by atoms with E-state index in [1.165, 1.54) is 28.0 Å². The van der Waals surface area contributed by atoms with Gasteiger partial charge in [-0.3, -0.25) is 0 Å². The average Bonchev–Trinajstić information content (AvgIpc) is 2.92. The van der Waals surface area contributed by atoms with Crippen LogP contribution in [-0.4, -0.2) is 9.97 Å². The highest BCUT2D eigenvalue weighted by atomic mass is 32.1. The average molecular weight is 324 g/mol. The molecule has 0 saturated heterocycles. The van der Waals surface area contributed by atoms with Crippen molar-refractivity contribution in [2.45, 2.75) is 39.7 Å². The van der Waals surface area contributed by atoms with E-state index in [1.807, 2.05) is 11.3 Å². The Balaban J connectivity index is 1.69. The first-order valence-corrected chi connectivity index (χ1v) is 8.96. The molecular weight excluding hydrogens is 304 g/mol. The molecule has 0 fully saturated rings. The first-order valence-electron chi connectivity index (χ1n) is 8.15. The molecular formula is C19H20N2OS. The van der Waals surface area contributed by atoms with E-state index in [4.69, 9.17) is 4.74 Å². The summed E-state index contributed by atoms with van der Waals surface area (Å²) in [5.41, 5.74) is 3.87. The van der Waals surface area contributed by atoms with Crippen molar-refractivity contribution in [3.8, 4) is 5.88 Å². The quantitative estimate of drug-likeness (QED) is 0.700. The first kappa shape index (κ1) is 14.6. The van der Waals surface area contributed by atoms with Gasteiger partial charge in [-0.25, -0.2) is 9.97 Å². The van der Waals surface area contributed by atoms with Crippen LogP contribution in [0.15, 0.2) is 30.6 Å². The minimum absolute atomic E-state index is 0.555. The number of aryl methyl sites for hydroxylation is 2. The van der Waals surface area contributed by atoms with E-state index in [0.29, 0.717) is 6.61 Å². The summed E-state index contributed by atoms with van der Waals surface area (Å²) in [5, 5.41) is 1.15. The predicted octanol–water partition coefficient (Wildman–Crippen LogP) is 4.70. The van der Waals surface area contributed by atoms with E-state index < -0.39 is 0 Å². The SMILES string of the molecule is Cc1ccccc1COc1ncnc2sc3c(c12)CC[C@H](C)C3. The van der Waals surface area contributed by atoms with E-state index >= 15 is 0 Å². The van der Waals surface area contributed by atoms with Crippen LogP contribution in [0.4, 0.5) is 0 Å². The van der Waals surface area contributed by atoms with E-state index in [1.54, 1.807) is 6.33 Å². The molecule has 4 heteroatoms. The molecule has 1 aliphatic carbocycles. The van der Waals surface area contributed by atoms with Gasteiger partial charge in [0.25, 0.3) is 0 Å². The lowest BCUT2D eigenvalue weighted by Crippen LogP contribution is -2.09. The zero-order valence-electron chi connectivity index (χ0n) is 13.5. The normalized spacial score (nSPS) is 17.2. The zero-order chi connectivity index (χ0) is 15.8. The molecule has 2 aromatic heterocycles. The summed E-state index contributed by atoms with van der Waals surface area (Å²) < 4.78 is 6.09. The molecule has 3 nitrogen and oxygen atoms in total. The summed E-state index contributed by atoms with van der Waals surface area (Å²) in [4.78, 5) is 11.4. The standard InChI is InChI=1S/C19H20N2OS/c1-12-7-8-15-16(9-12)23-19-17(15)18(20-11-21-19)22-10-14-6-4-3-5-13(14)2/h3-6,11-12H,7-10H2,1-2H3/t12-/m0/s1. The Morgan fingerprint density at radius 1 is 1.26 bits per heavy atom. The highest BCUT2D eigenvalue weighted by Crippen LogP contribution is 2.40. The number of benzene rings is 1. The summed E-state index contributed by atoms with van der Waals surface area (Å²) >= 11 is 1.81. The van der Waals surface area contributed by atoms with Crippen molar-refractivity contribution in [1.29, 1.82) is 0 Å². The summed E-state index contributed by atoms with van der Waals surface area (Å²) in [6, 6.07) is 8.33. The summed E-state index contributed by atoms with van der Waals surface area (Å²) in [7, 11) is 0. The van der Waals surface area contributed by atoms with Crippen molar-refractivity contribution in [3.05, 3.63) is 52.2 Å². The molecule has 23 heavy (non-hydrogen) atoms. The van der Waals surface area contributed by atoms with Gasteiger partial charge in [0, 0.05) is 4.88 Å². The predicted molar refractivity (Wildman–Crippen MR) is 94.1 cm³/mol. The third-order valence-electron chi connectivity index (χ3n) is 4.68. The number of thiophene rings is 1. The molecule has 0 saturated carbocycles. The molecule has 4 rings (SSSR count). The second kappa shape index (κ2) is 5.93. The van der Waals surface area contributed by atoms with Gasteiger partial charge in [-0.2, -0.15) is 0 Å². The number of ether oxygens (including phenoxy) is 1. The minimum Gasteiger partial charge on any atom is -0.472 e. The van der Waals surface area contributed by atoms with Gasteiger partial charge in [-0.1, -0.05) is 31.2 Å². The lowest BCUT2D eigenvalue weighted by atomic mass is 9.89. The molecule has 0 spiro atoms. The van der Waals surface area contributed by atoms with Crippen LogP contribution in [0, 0.1) is 12.8 Å². The van der Waals surface area contributed by atoms with Crippen molar-refractivity contribution in [2.75, 3.05) is 0 Å². The smallest absolute Gasteiger partial charge is 0.225 e. The van der Waals surface area contributed by atoms with Crippen molar-refractivity contribution >= 4 is 21.6 Å². The van der Waals surface area contributed by atoms with Crippen LogP contribution in [0.3, 0.4) is 0 Å². The summed E-state index contributed by atoms with van der Waals surface area (Å²) in [6.07, 6.45) is 5.14. The summed E-state index contributed by atoms with van der Waals surface area (Å²) in [6.45, 7) is 5.00. The largest absolute Gasteiger partial charge is 0.472 e. The van der Waals surface area contributed by atoms with Gasteiger partial charge in [-0.05, 0) is 48.8 Å². The fourth-order valence-corrected chi connectivity index (χ4v) is 4.61. The lowest BCUT2D eigenvalue weighted by molar-refractivity contribution is 0.296. The third-order valence-corrected chi connectivity index (χ3v) is 5.84. The molecule has 1 atom stereocenters. The van der Waals surface area contributed by atoms with E-state index in [0.717, 1.165) is 34.9 Å². The van der Waals surface area contributed by atoms with Crippen LogP contribution in [0.5, 0.6) is 5.88 Å². The molecule has 0 amide bonds. The van der Waals surface area contributed by atoms with Crippen molar-refractivity contribution in [1.82, 2.24) is 9.97 Å². The van der Waals surface area contributed by atoms with Crippen LogP contribution in [-0.2, 0) is 19.4 Å². The monoisotopic (exact) mass is 324 g/mol.